The number of amides is 3. The van der Waals surface area contributed by atoms with Crippen LogP contribution in [-0.2, 0) is 7.05 Å². The van der Waals surface area contributed by atoms with Crippen molar-refractivity contribution in [2.24, 2.45) is 7.05 Å². The highest BCUT2D eigenvalue weighted by molar-refractivity contribution is 6.02. The predicted octanol–water partition coefficient (Wildman–Crippen LogP) is 2.24. The van der Waals surface area contributed by atoms with Crippen molar-refractivity contribution < 1.29 is 13.7 Å². The Labute approximate surface area is 189 Å². The highest BCUT2D eigenvalue weighted by atomic mass is 16.2. The van der Waals surface area contributed by atoms with Crippen molar-refractivity contribution in [1.29, 1.82) is 0 Å². The van der Waals surface area contributed by atoms with E-state index in [1.807, 2.05) is 42.4 Å². The van der Waals surface area contributed by atoms with Gasteiger partial charge in [0.05, 0.1) is 28.7 Å². The summed E-state index contributed by atoms with van der Waals surface area (Å²) in [5.41, 5.74) is 4.18. The van der Waals surface area contributed by atoms with Crippen LogP contribution >= 0.6 is 0 Å². The Kier molecular flexibility index (Phi) is 4.48. The monoisotopic (exact) mass is 438 g/mol. The van der Waals surface area contributed by atoms with Gasteiger partial charge in [0, 0.05) is 50.1 Å². The molecule has 0 bridgehead atoms. The lowest BCUT2D eigenvalue weighted by Gasteiger charge is -2.34. The van der Waals surface area contributed by atoms with Gasteiger partial charge in [-0.1, -0.05) is 12.1 Å². The molecule has 0 aliphatic carbocycles. The zero-order chi connectivity index (χ0) is 25.5. The summed E-state index contributed by atoms with van der Waals surface area (Å²) in [7, 11) is 5.15. The summed E-state index contributed by atoms with van der Waals surface area (Å²) in [6.07, 6.45) is 1.21. The molecule has 1 atom stereocenters. The van der Waals surface area contributed by atoms with Crippen LogP contribution in [0.25, 0.3) is 11.3 Å². The Morgan fingerprint density at radius 2 is 1.97 bits per heavy atom. The van der Waals surface area contributed by atoms with Crippen LogP contribution in [0.5, 0.6) is 0 Å². The maximum absolute atomic E-state index is 12.8. The third kappa shape index (κ3) is 3.57. The van der Waals surface area contributed by atoms with Crippen molar-refractivity contribution in [1.82, 2.24) is 30.6 Å². The first-order valence-corrected chi connectivity index (χ1v) is 9.84. The summed E-state index contributed by atoms with van der Waals surface area (Å²) >= 11 is 0. The number of urea groups is 1. The molecule has 166 valence electrons. The van der Waals surface area contributed by atoms with Crippen LogP contribution in [-0.4, -0.2) is 53.0 Å². The average molecular weight is 439 g/mol. The topological polar surface area (TPSA) is 129 Å². The predicted molar refractivity (Wildman–Crippen MR) is 122 cm³/mol. The number of carbonyl (C=O) groups excluding carboxylic acids is 2. The fraction of sp³-hybridized carbons (Fsp3) is 0.286. The molecule has 11 heteroatoms. The first kappa shape index (κ1) is 17.5. The molecule has 0 radical (unpaired) electrons. The first-order chi connectivity index (χ1) is 16.5. The Balaban J connectivity index is 1.80. The highest BCUT2D eigenvalue weighted by Gasteiger charge is 2.32. The van der Waals surface area contributed by atoms with Crippen LogP contribution in [0.15, 0.2) is 30.5 Å². The number of anilines is 4. The molecule has 3 amide bonds. The fourth-order valence-electron chi connectivity index (χ4n) is 3.69. The maximum Gasteiger partial charge on any atom is 0.320 e. The molecule has 4 rings (SSSR count). The number of nitrogens with one attached hydrogen (secondary N) is 4. The third-order valence-corrected chi connectivity index (χ3v) is 5.36. The van der Waals surface area contributed by atoms with Crippen molar-refractivity contribution in [3.05, 3.63) is 41.7 Å². The lowest BCUT2D eigenvalue weighted by Crippen LogP contribution is -2.27. The van der Waals surface area contributed by atoms with E-state index < -0.39 is 18.9 Å². The van der Waals surface area contributed by atoms with Gasteiger partial charge in [-0.2, -0.15) is 15.0 Å². The van der Waals surface area contributed by atoms with Gasteiger partial charge in [0.1, 0.15) is 17.2 Å². The molecular weight excluding hydrogens is 410 g/mol. The molecule has 2 aromatic heterocycles. The molecule has 0 saturated carbocycles. The number of para-hydroxylation sites is 1. The standard InChI is InChI=1S/C21H25N9O2/c1-11-17-18(28-30(5)27-17)12-7-6-8-14(19(12)29(11)4)25-15-9-16(26-21(32)23-3)24-10-13(15)20(31)22-2/h6-11H,1-5H3,(H,22,31)(H3,23,24,25,26,32)/t11-/m0/s1/i2D3. The Bertz CT molecular complexity index is 1310. The van der Waals surface area contributed by atoms with Gasteiger partial charge >= 0.3 is 6.03 Å². The number of carbonyl (C=O) groups is 2. The van der Waals surface area contributed by atoms with E-state index in [9.17, 15) is 9.59 Å². The van der Waals surface area contributed by atoms with Crippen LogP contribution in [0.3, 0.4) is 0 Å². The molecule has 0 spiro atoms. The second-order valence-electron chi connectivity index (χ2n) is 7.31. The third-order valence-electron chi connectivity index (χ3n) is 5.36. The van der Waals surface area contributed by atoms with Gasteiger partial charge in [0.2, 0.25) is 0 Å². The molecule has 32 heavy (non-hydrogen) atoms. The molecule has 0 saturated heterocycles. The average Bonchev–Trinajstić information content (AvgIpc) is 3.18. The van der Waals surface area contributed by atoms with E-state index in [1.165, 1.54) is 24.1 Å². The molecule has 0 fully saturated rings. The zero-order valence-electron chi connectivity index (χ0n) is 21.0. The largest absolute Gasteiger partial charge is 0.364 e. The van der Waals surface area contributed by atoms with E-state index >= 15 is 0 Å². The molecule has 4 N–H and O–H groups in total. The van der Waals surface area contributed by atoms with Gasteiger partial charge < -0.3 is 20.9 Å². The summed E-state index contributed by atoms with van der Waals surface area (Å²) in [6.45, 7) is -0.669. The van der Waals surface area contributed by atoms with Crippen LogP contribution in [0.4, 0.5) is 27.7 Å². The summed E-state index contributed by atoms with van der Waals surface area (Å²) in [5, 5.41) is 19.2. The number of pyridine rings is 1. The van der Waals surface area contributed by atoms with Gasteiger partial charge in [0.25, 0.3) is 5.91 Å². The van der Waals surface area contributed by atoms with Crippen LogP contribution in [0.1, 0.15) is 33.1 Å². The molecule has 3 heterocycles. The highest BCUT2D eigenvalue weighted by Crippen LogP contribution is 2.46. The Morgan fingerprint density at radius 1 is 1.16 bits per heavy atom. The van der Waals surface area contributed by atoms with Crippen molar-refractivity contribution in [2.45, 2.75) is 13.0 Å². The second-order valence-corrected chi connectivity index (χ2v) is 7.31. The van der Waals surface area contributed by atoms with Crippen molar-refractivity contribution in [2.75, 3.05) is 36.6 Å². The fourth-order valence-corrected chi connectivity index (χ4v) is 3.69. The minimum atomic E-state index is -2.68. The van der Waals surface area contributed by atoms with Crippen LogP contribution in [0, 0.1) is 0 Å². The summed E-state index contributed by atoms with van der Waals surface area (Å²) in [6, 6.07) is 6.50. The zero-order valence-corrected chi connectivity index (χ0v) is 18.0. The molecule has 0 unspecified atom stereocenters. The van der Waals surface area contributed by atoms with Gasteiger partial charge in [-0.15, -0.1) is 0 Å². The lowest BCUT2D eigenvalue weighted by molar-refractivity contribution is 0.0963. The summed E-state index contributed by atoms with van der Waals surface area (Å²) in [4.78, 5) is 32.2. The number of benzene rings is 1. The number of aromatic nitrogens is 4. The van der Waals surface area contributed by atoms with Gasteiger partial charge in [-0.05, 0) is 13.0 Å². The van der Waals surface area contributed by atoms with E-state index in [4.69, 9.17) is 4.11 Å². The Morgan fingerprint density at radius 3 is 2.72 bits per heavy atom. The second kappa shape index (κ2) is 8.17. The number of hydrogen-bond donors (Lipinski definition) is 4. The van der Waals surface area contributed by atoms with E-state index in [1.54, 1.807) is 7.05 Å². The minimum absolute atomic E-state index is 0.00659. The minimum Gasteiger partial charge on any atom is -0.364 e. The first-order valence-electron chi connectivity index (χ1n) is 11.3. The lowest BCUT2D eigenvalue weighted by atomic mass is 9.96. The van der Waals surface area contributed by atoms with Gasteiger partial charge in [0.15, 0.2) is 0 Å². The Hall–Kier alpha value is -4.15. The van der Waals surface area contributed by atoms with Crippen molar-refractivity contribution in [3.63, 3.8) is 0 Å². The van der Waals surface area contributed by atoms with E-state index in [2.05, 4.69) is 31.1 Å². The molecule has 1 aliphatic rings. The molecular formula is C21H25N9O2. The smallest absolute Gasteiger partial charge is 0.320 e. The maximum atomic E-state index is 12.8. The number of nitrogens with zero attached hydrogens (tertiary/aromatic N) is 5. The van der Waals surface area contributed by atoms with Crippen molar-refractivity contribution >= 4 is 34.8 Å². The number of fused-ring (bicyclic) bond motifs is 3. The number of hydrogen-bond acceptors (Lipinski definition) is 7. The van der Waals surface area contributed by atoms with E-state index in [0.717, 1.165) is 22.6 Å². The van der Waals surface area contributed by atoms with E-state index in [-0.39, 0.29) is 23.1 Å². The summed E-state index contributed by atoms with van der Waals surface area (Å²) in [5.74, 6) is -0.672. The van der Waals surface area contributed by atoms with Crippen LogP contribution in [0.2, 0.25) is 0 Å². The van der Waals surface area contributed by atoms with Crippen LogP contribution < -0.4 is 26.2 Å². The molecule has 11 nitrogen and oxygen atoms in total. The number of aryl methyl sites for hydroxylation is 1. The van der Waals surface area contributed by atoms with Gasteiger partial charge in [-0.25, -0.2) is 9.78 Å². The van der Waals surface area contributed by atoms with E-state index in [0.29, 0.717) is 5.69 Å². The van der Waals surface area contributed by atoms with Gasteiger partial charge in [-0.3, -0.25) is 10.1 Å². The summed E-state index contributed by atoms with van der Waals surface area (Å²) < 4.78 is 22.1. The number of rotatable bonds is 4. The molecule has 3 aromatic rings. The quantitative estimate of drug-likeness (QED) is 0.492. The molecule has 1 aromatic carbocycles. The SMILES string of the molecule is [2H]C([2H])([2H])NC(=O)c1cnc(NC(=O)NC)cc1Nc1cccc2c1N(C)[C@@H](C)c1nn(C)nc1-2. The molecule has 1 aliphatic heterocycles. The normalized spacial score (nSPS) is 16.1. The van der Waals surface area contributed by atoms with Crippen molar-refractivity contribution in [3.8, 4) is 11.3 Å².